The first-order valence-corrected chi connectivity index (χ1v) is 11.4. The van der Waals surface area contributed by atoms with Gasteiger partial charge in [-0.1, -0.05) is 24.3 Å². The maximum atomic E-state index is 12.9. The molecule has 1 fully saturated rings. The predicted octanol–water partition coefficient (Wildman–Crippen LogP) is 3.97. The van der Waals surface area contributed by atoms with Gasteiger partial charge in [-0.15, -0.1) is 10.2 Å². The van der Waals surface area contributed by atoms with Crippen LogP contribution in [0.25, 0.3) is 11.3 Å². The highest BCUT2D eigenvalue weighted by molar-refractivity contribution is 5.81. The van der Waals surface area contributed by atoms with Crippen LogP contribution in [0.2, 0.25) is 0 Å². The van der Waals surface area contributed by atoms with Crippen molar-refractivity contribution in [2.45, 2.75) is 26.9 Å². The average Bonchev–Trinajstić information content (AvgIpc) is 2.85. The summed E-state index contributed by atoms with van der Waals surface area (Å²) in [5.74, 6) is 2.26. The van der Waals surface area contributed by atoms with Gasteiger partial charge < -0.3 is 19.3 Å². The first-order chi connectivity index (χ1) is 16.0. The number of amides is 1. The second-order valence-electron chi connectivity index (χ2n) is 8.07. The lowest BCUT2D eigenvalue weighted by Crippen LogP contribution is -2.52. The van der Waals surface area contributed by atoms with Crippen LogP contribution < -0.4 is 14.4 Å². The molecule has 3 aromatic rings. The van der Waals surface area contributed by atoms with Crippen LogP contribution in [0.15, 0.2) is 60.7 Å². The van der Waals surface area contributed by atoms with Crippen molar-refractivity contribution in [1.29, 1.82) is 0 Å². The van der Waals surface area contributed by atoms with E-state index < -0.39 is 6.10 Å². The number of piperazine rings is 1. The molecular formula is C26H30N4O3. The summed E-state index contributed by atoms with van der Waals surface area (Å²) in [6.07, 6.45) is -0.553. The summed E-state index contributed by atoms with van der Waals surface area (Å²) >= 11 is 0. The summed E-state index contributed by atoms with van der Waals surface area (Å²) in [4.78, 5) is 16.9. The number of carbonyl (C=O) groups is 1. The third-order valence-electron chi connectivity index (χ3n) is 5.78. The molecule has 0 spiro atoms. The van der Waals surface area contributed by atoms with E-state index in [1.165, 1.54) is 5.56 Å². The Morgan fingerprint density at radius 1 is 0.939 bits per heavy atom. The molecule has 1 aromatic heterocycles. The van der Waals surface area contributed by atoms with Gasteiger partial charge in [0, 0.05) is 31.7 Å². The van der Waals surface area contributed by atoms with E-state index in [0.717, 1.165) is 22.8 Å². The van der Waals surface area contributed by atoms with E-state index in [0.29, 0.717) is 38.5 Å². The van der Waals surface area contributed by atoms with Crippen molar-refractivity contribution >= 4 is 11.7 Å². The number of ether oxygens (including phenoxy) is 2. The summed E-state index contributed by atoms with van der Waals surface area (Å²) in [5.41, 5.74) is 3.13. The quantitative estimate of drug-likeness (QED) is 0.547. The summed E-state index contributed by atoms with van der Waals surface area (Å²) in [5, 5.41) is 8.87. The average molecular weight is 447 g/mol. The highest BCUT2D eigenvalue weighted by Crippen LogP contribution is 2.23. The highest BCUT2D eigenvalue weighted by Gasteiger charge is 2.26. The molecular weight excluding hydrogens is 416 g/mol. The highest BCUT2D eigenvalue weighted by atomic mass is 16.5. The third kappa shape index (κ3) is 5.42. The molecule has 1 saturated heterocycles. The zero-order chi connectivity index (χ0) is 23.2. The molecule has 1 aliphatic rings. The van der Waals surface area contributed by atoms with Gasteiger partial charge >= 0.3 is 0 Å². The number of aryl methyl sites for hydroxylation is 1. The molecule has 7 nitrogen and oxygen atoms in total. The fraction of sp³-hybridized carbons (Fsp3) is 0.346. The van der Waals surface area contributed by atoms with E-state index in [1.54, 1.807) is 6.92 Å². The molecule has 172 valence electrons. The summed E-state index contributed by atoms with van der Waals surface area (Å²) < 4.78 is 11.3. The van der Waals surface area contributed by atoms with Crippen molar-refractivity contribution in [3.05, 3.63) is 66.2 Å². The van der Waals surface area contributed by atoms with Gasteiger partial charge in [-0.3, -0.25) is 4.79 Å². The van der Waals surface area contributed by atoms with Gasteiger partial charge in [0.15, 0.2) is 11.9 Å². The van der Waals surface area contributed by atoms with Gasteiger partial charge in [-0.2, -0.15) is 0 Å². The Balaban J connectivity index is 1.30. The molecule has 0 saturated carbocycles. The number of aromatic nitrogens is 2. The molecule has 0 bridgehead atoms. The standard InChI is InChI=1S/C26H30N4O3/c1-4-32-21-9-11-22(12-10-21)33-20(3)26(31)30-17-15-29(16-18-30)25-14-13-24(27-28-25)23-8-6-5-7-19(23)2/h5-14,20H,4,15-18H2,1-3H3. The molecule has 2 heterocycles. The first kappa shape index (κ1) is 22.6. The van der Waals surface area contributed by atoms with E-state index >= 15 is 0 Å². The molecule has 1 unspecified atom stereocenters. The molecule has 7 heteroatoms. The van der Waals surface area contributed by atoms with Crippen molar-refractivity contribution in [2.24, 2.45) is 0 Å². The predicted molar refractivity (Wildman–Crippen MR) is 129 cm³/mol. The Labute approximate surface area is 195 Å². The summed E-state index contributed by atoms with van der Waals surface area (Å²) in [6, 6.07) is 19.5. The topological polar surface area (TPSA) is 67.8 Å². The van der Waals surface area contributed by atoms with Crippen LogP contribution in [-0.2, 0) is 4.79 Å². The molecule has 2 aromatic carbocycles. The van der Waals surface area contributed by atoms with Crippen molar-refractivity contribution < 1.29 is 14.3 Å². The first-order valence-electron chi connectivity index (χ1n) is 11.4. The Morgan fingerprint density at radius 2 is 1.64 bits per heavy atom. The van der Waals surface area contributed by atoms with Crippen LogP contribution in [0.1, 0.15) is 19.4 Å². The zero-order valence-electron chi connectivity index (χ0n) is 19.4. The Morgan fingerprint density at radius 3 is 2.27 bits per heavy atom. The van der Waals surface area contributed by atoms with E-state index in [9.17, 15) is 4.79 Å². The lowest BCUT2D eigenvalue weighted by atomic mass is 10.1. The fourth-order valence-corrected chi connectivity index (χ4v) is 3.95. The molecule has 33 heavy (non-hydrogen) atoms. The lowest BCUT2D eigenvalue weighted by Gasteiger charge is -2.36. The minimum atomic E-state index is -0.553. The van der Waals surface area contributed by atoms with Crippen molar-refractivity contribution in [3.8, 4) is 22.8 Å². The van der Waals surface area contributed by atoms with Crippen molar-refractivity contribution in [3.63, 3.8) is 0 Å². The normalized spacial score (nSPS) is 14.6. The van der Waals surface area contributed by atoms with Gasteiger partial charge in [-0.05, 0) is 62.7 Å². The molecule has 1 aliphatic heterocycles. The number of carbonyl (C=O) groups excluding carboxylic acids is 1. The van der Waals surface area contributed by atoms with E-state index in [1.807, 2.05) is 60.4 Å². The zero-order valence-corrected chi connectivity index (χ0v) is 19.4. The van der Waals surface area contributed by atoms with Crippen LogP contribution in [0.4, 0.5) is 5.82 Å². The van der Waals surface area contributed by atoms with Gasteiger partial charge in [0.05, 0.1) is 12.3 Å². The number of anilines is 1. The molecule has 4 rings (SSSR count). The van der Waals surface area contributed by atoms with Crippen LogP contribution in [0.3, 0.4) is 0 Å². The molecule has 1 amide bonds. The number of nitrogens with zero attached hydrogens (tertiary/aromatic N) is 4. The maximum absolute atomic E-state index is 12.9. The van der Waals surface area contributed by atoms with Crippen LogP contribution in [-0.4, -0.2) is 59.9 Å². The lowest BCUT2D eigenvalue weighted by molar-refractivity contribution is -0.138. The van der Waals surface area contributed by atoms with Crippen LogP contribution in [0.5, 0.6) is 11.5 Å². The second kappa shape index (κ2) is 10.3. The fourth-order valence-electron chi connectivity index (χ4n) is 3.95. The van der Waals surface area contributed by atoms with E-state index in [2.05, 4.69) is 34.2 Å². The summed E-state index contributed by atoms with van der Waals surface area (Å²) in [6.45, 7) is 9.08. The molecule has 0 aliphatic carbocycles. The second-order valence-corrected chi connectivity index (χ2v) is 8.07. The maximum Gasteiger partial charge on any atom is 0.263 e. The SMILES string of the molecule is CCOc1ccc(OC(C)C(=O)N2CCN(c3ccc(-c4ccccc4C)nn3)CC2)cc1. The Bertz CT molecular complexity index is 1060. The summed E-state index contributed by atoms with van der Waals surface area (Å²) in [7, 11) is 0. The molecule has 0 radical (unpaired) electrons. The van der Waals surface area contributed by atoms with E-state index in [4.69, 9.17) is 9.47 Å². The number of benzene rings is 2. The van der Waals surface area contributed by atoms with E-state index in [-0.39, 0.29) is 5.91 Å². The smallest absolute Gasteiger partial charge is 0.263 e. The Hall–Kier alpha value is -3.61. The molecule has 1 atom stereocenters. The largest absolute Gasteiger partial charge is 0.494 e. The minimum Gasteiger partial charge on any atom is -0.494 e. The van der Waals surface area contributed by atoms with Crippen molar-refractivity contribution in [2.75, 3.05) is 37.7 Å². The van der Waals surface area contributed by atoms with Crippen LogP contribution in [0, 0.1) is 6.92 Å². The number of rotatable bonds is 7. The number of hydrogen-bond acceptors (Lipinski definition) is 6. The Kier molecular flexibility index (Phi) is 7.07. The van der Waals surface area contributed by atoms with Crippen molar-refractivity contribution in [1.82, 2.24) is 15.1 Å². The van der Waals surface area contributed by atoms with Gasteiger partial charge in [-0.25, -0.2) is 0 Å². The van der Waals surface area contributed by atoms with Gasteiger partial charge in [0.2, 0.25) is 0 Å². The molecule has 0 N–H and O–H groups in total. The third-order valence-corrected chi connectivity index (χ3v) is 5.78. The monoisotopic (exact) mass is 446 g/mol. The van der Waals surface area contributed by atoms with Crippen LogP contribution >= 0.6 is 0 Å². The van der Waals surface area contributed by atoms with Gasteiger partial charge in [0.1, 0.15) is 11.5 Å². The van der Waals surface area contributed by atoms with Gasteiger partial charge in [0.25, 0.3) is 5.91 Å². The number of hydrogen-bond donors (Lipinski definition) is 0. The minimum absolute atomic E-state index is 0.00970.